The fourth-order valence-electron chi connectivity index (χ4n) is 4.90. The van der Waals surface area contributed by atoms with Crippen LogP contribution in [0.3, 0.4) is 0 Å². The third-order valence-corrected chi connectivity index (χ3v) is 7.62. The summed E-state index contributed by atoms with van der Waals surface area (Å²) in [6.07, 6.45) is 9.04. The molecule has 196 valence electrons. The van der Waals surface area contributed by atoms with Gasteiger partial charge in [-0.3, -0.25) is 4.79 Å². The number of aliphatic hydroxyl groups excluding tert-OH is 1. The van der Waals surface area contributed by atoms with Crippen LogP contribution in [-0.2, 0) is 16.1 Å². The summed E-state index contributed by atoms with van der Waals surface area (Å²) < 4.78 is 6.10. The van der Waals surface area contributed by atoms with E-state index in [1.165, 1.54) is 43.9 Å². The van der Waals surface area contributed by atoms with Crippen LogP contribution in [0.1, 0.15) is 66.4 Å². The van der Waals surface area contributed by atoms with E-state index in [0.717, 1.165) is 28.7 Å². The van der Waals surface area contributed by atoms with Crippen molar-refractivity contribution in [3.63, 3.8) is 0 Å². The number of thioether (sulfide) groups is 1. The molecular weight excluding hydrogens is 481 g/mol. The molecule has 0 heterocycles. The van der Waals surface area contributed by atoms with Crippen molar-refractivity contribution in [2.75, 3.05) is 18.6 Å². The molecule has 2 N–H and O–H groups in total. The standard InChI is InChI=1S/C29H39NO5S.Li/c1-20-8-6-7-11-24(20)26-17-22(19-35-23(18-31)16-21-9-4-3-5-10-21)12-13-25(26)28(32)30-27(29(33)34)14-15-36-2;/h6-8,11-13,17,21,23,27,31H,3-5,9-10,14-16,18-19H2,1-2H3,(H,30,32)(H,33,34);/q;+1/p-1/t23-,27-;/m0./s1. The van der Waals surface area contributed by atoms with E-state index in [9.17, 15) is 19.8 Å². The Balaban J connectivity index is 0.00000481. The second kappa shape index (κ2) is 16.3. The number of aryl methyl sites for hydroxylation is 1. The number of ether oxygens (including phenoxy) is 1. The molecule has 0 aliphatic heterocycles. The molecule has 2 aromatic carbocycles. The molecular formula is C29H38LiNO5S. The van der Waals surface area contributed by atoms with Crippen LogP contribution < -0.4 is 29.3 Å². The summed E-state index contributed by atoms with van der Waals surface area (Å²) in [5.74, 6) is -0.520. The van der Waals surface area contributed by atoms with Gasteiger partial charge < -0.3 is 25.1 Å². The van der Waals surface area contributed by atoms with E-state index in [1.54, 1.807) is 6.07 Å². The first kappa shape index (κ1) is 31.5. The van der Waals surface area contributed by atoms with Crippen LogP contribution in [0, 0.1) is 12.8 Å². The second-order valence-electron chi connectivity index (χ2n) is 9.68. The van der Waals surface area contributed by atoms with Gasteiger partial charge in [0.1, 0.15) is 0 Å². The summed E-state index contributed by atoms with van der Waals surface area (Å²) in [7, 11) is 0. The molecule has 0 unspecified atom stereocenters. The zero-order chi connectivity index (χ0) is 25.9. The van der Waals surface area contributed by atoms with Crippen molar-refractivity contribution in [2.45, 2.75) is 70.6 Å². The van der Waals surface area contributed by atoms with Gasteiger partial charge >= 0.3 is 18.9 Å². The fraction of sp³-hybridized carbons (Fsp3) is 0.517. The van der Waals surface area contributed by atoms with Gasteiger partial charge in [-0.05, 0) is 72.1 Å². The van der Waals surface area contributed by atoms with Crippen LogP contribution in [0.2, 0.25) is 0 Å². The maximum absolute atomic E-state index is 13.2. The van der Waals surface area contributed by atoms with Crippen LogP contribution in [0.15, 0.2) is 42.5 Å². The number of carboxylic acids is 1. The van der Waals surface area contributed by atoms with Gasteiger partial charge in [-0.2, -0.15) is 11.8 Å². The van der Waals surface area contributed by atoms with Gasteiger partial charge in [0.25, 0.3) is 5.91 Å². The van der Waals surface area contributed by atoms with E-state index in [1.807, 2.05) is 49.6 Å². The smallest absolute Gasteiger partial charge is 0.548 e. The van der Waals surface area contributed by atoms with E-state index in [4.69, 9.17) is 4.74 Å². The van der Waals surface area contributed by atoms with Gasteiger partial charge in [-0.15, -0.1) is 0 Å². The largest absolute Gasteiger partial charge is 1.00 e. The molecule has 2 aromatic rings. The zero-order valence-electron chi connectivity index (χ0n) is 22.3. The Kier molecular flexibility index (Phi) is 13.8. The van der Waals surface area contributed by atoms with E-state index >= 15 is 0 Å². The van der Waals surface area contributed by atoms with E-state index < -0.39 is 17.9 Å². The number of nitrogens with one attached hydrogen (secondary N) is 1. The van der Waals surface area contributed by atoms with Gasteiger partial charge in [0.2, 0.25) is 0 Å². The fourth-order valence-corrected chi connectivity index (χ4v) is 5.37. The molecule has 3 rings (SSSR count). The number of carbonyl (C=O) groups is 2. The van der Waals surface area contributed by atoms with Crippen LogP contribution in [0.5, 0.6) is 0 Å². The number of benzene rings is 2. The molecule has 6 nitrogen and oxygen atoms in total. The first-order valence-corrected chi connectivity index (χ1v) is 14.2. The number of aliphatic hydroxyl groups is 1. The van der Waals surface area contributed by atoms with Crippen molar-refractivity contribution in [1.29, 1.82) is 0 Å². The minimum atomic E-state index is -1.28. The van der Waals surface area contributed by atoms with Crippen molar-refractivity contribution < 1.29 is 43.4 Å². The van der Waals surface area contributed by atoms with Gasteiger partial charge in [-0.1, -0.05) is 62.4 Å². The average Bonchev–Trinajstić information content (AvgIpc) is 2.89. The number of amides is 1. The van der Waals surface area contributed by atoms with Crippen LogP contribution in [0.25, 0.3) is 11.1 Å². The summed E-state index contributed by atoms with van der Waals surface area (Å²) >= 11 is 1.52. The number of hydrogen-bond donors (Lipinski definition) is 2. The Morgan fingerprint density at radius 3 is 2.51 bits per heavy atom. The molecule has 2 atom stereocenters. The normalized spacial score (nSPS) is 15.4. The monoisotopic (exact) mass is 519 g/mol. The molecule has 0 saturated heterocycles. The summed E-state index contributed by atoms with van der Waals surface area (Å²) in [5.41, 5.74) is 3.94. The Hall–Kier alpha value is -1.75. The molecule has 1 amide bonds. The number of rotatable bonds is 13. The van der Waals surface area contributed by atoms with Gasteiger partial charge in [0, 0.05) is 5.56 Å². The van der Waals surface area contributed by atoms with Crippen molar-refractivity contribution in [3.8, 4) is 11.1 Å². The van der Waals surface area contributed by atoms with E-state index in [0.29, 0.717) is 30.3 Å². The van der Waals surface area contributed by atoms with Gasteiger partial charge in [0.15, 0.2) is 0 Å². The number of hydrogen-bond acceptors (Lipinski definition) is 6. The summed E-state index contributed by atoms with van der Waals surface area (Å²) in [6.45, 7) is 2.30. The molecule has 8 heteroatoms. The van der Waals surface area contributed by atoms with E-state index in [2.05, 4.69) is 5.32 Å². The third-order valence-electron chi connectivity index (χ3n) is 6.97. The quantitative estimate of drug-likeness (QED) is 0.385. The first-order valence-electron chi connectivity index (χ1n) is 12.8. The maximum atomic E-state index is 13.2. The molecule has 0 spiro atoms. The Morgan fingerprint density at radius 1 is 1.14 bits per heavy atom. The number of carboxylic acid groups (broad SMARTS) is 1. The van der Waals surface area contributed by atoms with Crippen LogP contribution in [-0.4, -0.2) is 47.7 Å². The Bertz CT molecular complexity index is 1010. The third kappa shape index (κ3) is 9.49. The molecule has 0 aromatic heterocycles. The zero-order valence-corrected chi connectivity index (χ0v) is 23.1. The molecule has 1 saturated carbocycles. The molecule has 1 aliphatic carbocycles. The summed E-state index contributed by atoms with van der Waals surface area (Å²) in [6, 6.07) is 12.2. The average molecular weight is 520 g/mol. The molecule has 1 fully saturated rings. The summed E-state index contributed by atoms with van der Waals surface area (Å²) in [5, 5.41) is 24.1. The second-order valence-corrected chi connectivity index (χ2v) is 10.7. The molecule has 0 radical (unpaired) electrons. The van der Waals surface area contributed by atoms with Crippen LogP contribution in [0.4, 0.5) is 0 Å². The van der Waals surface area contributed by atoms with E-state index in [-0.39, 0.29) is 31.6 Å². The number of carbonyl (C=O) groups excluding carboxylic acids is 2. The Labute approximate surface area is 237 Å². The van der Waals surface area contributed by atoms with Crippen molar-refractivity contribution in [3.05, 3.63) is 59.2 Å². The van der Waals surface area contributed by atoms with Gasteiger partial charge in [0.05, 0.1) is 31.3 Å². The predicted molar refractivity (Wildman–Crippen MR) is 143 cm³/mol. The molecule has 1 aliphatic rings. The number of aliphatic carboxylic acids is 1. The minimum absolute atomic E-state index is 0. The van der Waals surface area contributed by atoms with Gasteiger partial charge in [-0.25, -0.2) is 0 Å². The molecule has 37 heavy (non-hydrogen) atoms. The Morgan fingerprint density at radius 2 is 1.86 bits per heavy atom. The van der Waals surface area contributed by atoms with Crippen molar-refractivity contribution in [1.82, 2.24) is 5.32 Å². The van der Waals surface area contributed by atoms with Crippen LogP contribution >= 0.6 is 11.8 Å². The predicted octanol–water partition coefficient (Wildman–Crippen LogP) is 1.12. The van der Waals surface area contributed by atoms with Crippen molar-refractivity contribution >= 4 is 23.6 Å². The van der Waals surface area contributed by atoms with Crippen molar-refractivity contribution in [2.24, 2.45) is 5.92 Å². The molecule has 0 bridgehead atoms. The summed E-state index contributed by atoms with van der Waals surface area (Å²) in [4.78, 5) is 24.8. The SMILES string of the molecule is CSCC[C@H](NC(=O)c1ccc(CO[C@H](CO)CC2CCCCC2)cc1-c1ccccc1C)C(=O)[O-].[Li+]. The maximum Gasteiger partial charge on any atom is 1.00 e. The first-order chi connectivity index (χ1) is 17.4. The minimum Gasteiger partial charge on any atom is -0.548 e. The topological polar surface area (TPSA) is 98.7 Å².